The highest BCUT2D eigenvalue weighted by Gasteiger charge is 2.70. The van der Waals surface area contributed by atoms with Gasteiger partial charge in [-0.25, -0.2) is 0 Å². The van der Waals surface area contributed by atoms with E-state index in [9.17, 15) is 14.7 Å². The van der Waals surface area contributed by atoms with Crippen LogP contribution in [0.3, 0.4) is 0 Å². The Morgan fingerprint density at radius 2 is 2.11 bits per heavy atom. The topological polar surface area (TPSA) is 57.6 Å². The van der Waals surface area contributed by atoms with E-state index < -0.39 is 5.41 Å². The number of piperidine rings is 1. The second kappa shape index (κ2) is 6.81. The fourth-order valence-corrected chi connectivity index (χ4v) is 7.54. The normalized spacial score (nSPS) is 44.3. The van der Waals surface area contributed by atoms with E-state index in [0.717, 1.165) is 57.2 Å². The van der Waals surface area contributed by atoms with Crippen molar-refractivity contribution < 1.29 is 14.7 Å². The maximum absolute atomic E-state index is 13.5. The van der Waals surface area contributed by atoms with Crippen molar-refractivity contribution in [2.45, 2.75) is 58.8 Å². The Kier molecular flexibility index (Phi) is 4.87. The van der Waals surface area contributed by atoms with Gasteiger partial charge < -0.3 is 10.0 Å². The van der Waals surface area contributed by atoms with Crippen molar-refractivity contribution in [2.75, 3.05) is 26.2 Å². The molecule has 27 heavy (non-hydrogen) atoms. The third-order valence-electron chi connectivity index (χ3n) is 8.69. The smallest absolute Gasteiger partial charge is 0.172 e. The summed E-state index contributed by atoms with van der Waals surface area (Å²) < 4.78 is 0. The van der Waals surface area contributed by atoms with Gasteiger partial charge in [-0.1, -0.05) is 33.3 Å². The van der Waals surface area contributed by atoms with Crippen LogP contribution in [0.5, 0.6) is 0 Å². The number of β-amino-alcohol motifs (C(OH)–C–C–N with tert-alkyl or cyclic N) is 1. The molecule has 6 atom stereocenters. The van der Waals surface area contributed by atoms with Crippen LogP contribution in [0.1, 0.15) is 58.8 Å². The summed E-state index contributed by atoms with van der Waals surface area (Å²) in [5, 5.41) is 9.55. The number of rotatable bonds is 5. The summed E-state index contributed by atoms with van der Waals surface area (Å²) in [5.41, 5.74) is -0.0184. The van der Waals surface area contributed by atoms with Crippen LogP contribution in [-0.2, 0) is 9.59 Å². The molecule has 4 heteroatoms. The largest absolute Gasteiger partial charge is 0.395 e. The number of carbonyl (C=O) groups is 2. The quantitative estimate of drug-likeness (QED) is 0.594. The first-order valence-electron chi connectivity index (χ1n) is 11.0. The number of carbonyl (C=O) groups excluding carboxylic acids is 2. The third-order valence-corrected chi connectivity index (χ3v) is 8.69. The summed E-state index contributed by atoms with van der Waals surface area (Å²) in [4.78, 5) is 29.2. The van der Waals surface area contributed by atoms with E-state index in [1.54, 1.807) is 0 Å². The molecule has 1 N–H and O–H groups in total. The molecule has 1 aliphatic heterocycles. The number of likely N-dealkylation sites (tertiary alicyclic amines) is 1. The molecule has 1 heterocycles. The molecule has 4 saturated carbocycles. The highest BCUT2D eigenvalue weighted by atomic mass is 16.3. The van der Waals surface area contributed by atoms with Gasteiger partial charge in [0.25, 0.3) is 0 Å². The molecule has 150 valence electrons. The van der Waals surface area contributed by atoms with Crippen molar-refractivity contribution in [3.05, 3.63) is 12.2 Å². The zero-order chi connectivity index (χ0) is 19.4. The lowest BCUT2D eigenvalue weighted by atomic mass is 9.38. The lowest BCUT2D eigenvalue weighted by Gasteiger charge is -2.66. The van der Waals surface area contributed by atoms with Crippen LogP contribution in [0.15, 0.2) is 12.2 Å². The zero-order valence-electron chi connectivity index (χ0n) is 17.0. The van der Waals surface area contributed by atoms with E-state index >= 15 is 0 Å². The second-order valence-electron chi connectivity index (χ2n) is 9.86. The maximum atomic E-state index is 13.5. The molecule has 0 aromatic rings. The molecular formula is C23H35NO3. The molecule has 5 rings (SSSR count). The predicted molar refractivity (Wildman–Crippen MR) is 105 cm³/mol. The fourth-order valence-electron chi connectivity index (χ4n) is 7.54. The Morgan fingerprint density at radius 1 is 1.33 bits per heavy atom. The van der Waals surface area contributed by atoms with Gasteiger partial charge >= 0.3 is 0 Å². The first-order valence-corrected chi connectivity index (χ1v) is 11.0. The van der Waals surface area contributed by atoms with Crippen LogP contribution < -0.4 is 0 Å². The predicted octanol–water partition coefficient (Wildman–Crippen LogP) is 3.24. The van der Waals surface area contributed by atoms with Crippen molar-refractivity contribution in [3.63, 3.8) is 0 Å². The highest BCUT2D eigenvalue weighted by Crippen LogP contribution is 2.67. The number of aliphatic hydroxyl groups excluding tert-OH is 1. The van der Waals surface area contributed by atoms with Gasteiger partial charge in [-0.15, -0.1) is 0 Å². The van der Waals surface area contributed by atoms with Crippen molar-refractivity contribution in [1.29, 1.82) is 0 Å². The second-order valence-corrected chi connectivity index (χ2v) is 9.86. The zero-order valence-corrected chi connectivity index (χ0v) is 17.0. The first kappa shape index (κ1) is 19.3. The van der Waals surface area contributed by atoms with E-state index in [1.165, 1.54) is 0 Å². The SMILES string of the molecule is C=C1C(=O)[C@]23CC[C@H]1CC2[C@@]1(CCCC)CN(CCO)CC(C)C1CC3=O. The fraction of sp³-hybridized carbons (Fsp3) is 0.826. The van der Waals surface area contributed by atoms with Crippen molar-refractivity contribution in [2.24, 2.45) is 34.5 Å². The summed E-state index contributed by atoms with van der Waals surface area (Å²) >= 11 is 0. The van der Waals surface area contributed by atoms with E-state index in [4.69, 9.17) is 0 Å². The van der Waals surface area contributed by atoms with E-state index in [1.807, 2.05) is 0 Å². The molecule has 2 bridgehead atoms. The molecule has 4 nitrogen and oxygen atoms in total. The van der Waals surface area contributed by atoms with Crippen molar-refractivity contribution >= 4 is 11.6 Å². The van der Waals surface area contributed by atoms with Gasteiger partial charge in [-0.05, 0) is 60.3 Å². The standard InChI is InChI=1S/C23H35NO3/c1-4-5-7-22-14-24(9-10-25)13-15(2)18(22)12-20(26)23-8-6-17(11-19(22)23)16(3)21(23)27/h15,17-19,25H,3-14H2,1-2H3/t15?,17-,18?,19?,22-,23+/m0/s1. The minimum absolute atomic E-state index is 0.0335. The van der Waals surface area contributed by atoms with Crippen LogP contribution >= 0.6 is 0 Å². The van der Waals surface area contributed by atoms with Crippen LogP contribution in [-0.4, -0.2) is 47.8 Å². The summed E-state index contributed by atoms with van der Waals surface area (Å²) in [5.74, 6) is 1.56. The van der Waals surface area contributed by atoms with Gasteiger partial charge in [-0.3, -0.25) is 9.59 Å². The molecular weight excluding hydrogens is 338 g/mol. The van der Waals surface area contributed by atoms with Crippen molar-refractivity contribution in [3.8, 4) is 0 Å². The Hall–Kier alpha value is -1.00. The number of nitrogens with zero attached hydrogens (tertiary/aromatic N) is 1. The molecule has 1 spiro atoms. The average Bonchev–Trinajstić information content (AvgIpc) is 2.65. The number of allylic oxidation sites excluding steroid dienone is 1. The number of aliphatic hydroxyl groups is 1. The molecule has 3 unspecified atom stereocenters. The number of fused-ring (bicyclic) bond motifs is 3. The lowest BCUT2D eigenvalue weighted by Crippen LogP contribution is -2.69. The molecule has 4 aliphatic carbocycles. The van der Waals surface area contributed by atoms with Crippen LogP contribution in [0, 0.1) is 34.5 Å². The number of Topliss-reactive ketones (excluding diaryl/α,β-unsaturated/α-hetero) is 2. The van der Waals surface area contributed by atoms with Crippen LogP contribution in [0.2, 0.25) is 0 Å². The van der Waals surface area contributed by atoms with Gasteiger partial charge in [0.1, 0.15) is 5.78 Å². The average molecular weight is 374 g/mol. The molecule has 1 saturated heterocycles. The maximum Gasteiger partial charge on any atom is 0.172 e. The van der Waals surface area contributed by atoms with Crippen molar-refractivity contribution in [1.82, 2.24) is 4.90 Å². The van der Waals surface area contributed by atoms with E-state index in [-0.39, 0.29) is 35.4 Å². The monoisotopic (exact) mass is 373 g/mol. The molecule has 0 aromatic carbocycles. The lowest BCUT2D eigenvalue weighted by molar-refractivity contribution is -0.187. The number of ketones is 2. The molecule has 5 fully saturated rings. The van der Waals surface area contributed by atoms with Gasteiger partial charge in [0, 0.05) is 26.1 Å². The number of unbranched alkanes of at least 4 members (excludes halogenated alkanes) is 1. The summed E-state index contributed by atoms with van der Waals surface area (Å²) in [6.07, 6.45) is 6.63. The van der Waals surface area contributed by atoms with Gasteiger partial charge in [0.2, 0.25) is 0 Å². The first-order chi connectivity index (χ1) is 12.9. The Bertz CT molecular complexity index is 658. The number of hydrogen-bond donors (Lipinski definition) is 1. The van der Waals surface area contributed by atoms with E-state index in [0.29, 0.717) is 24.8 Å². The molecule has 0 aromatic heterocycles. The molecule has 0 radical (unpaired) electrons. The Morgan fingerprint density at radius 3 is 2.81 bits per heavy atom. The highest BCUT2D eigenvalue weighted by molar-refractivity contribution is 6.16. The van der Waals surface area contributed by atoms with Gasteiger partial charge in [0.05, 0.1) is 12.0 Å². The Labute approximate surface area is 163 Å². The number of hydrogen-bond acceptors (Lipinski definition) is 4. The minimum Gasteiger partial charge on any atom is -0.395 e. The van der Waals surface area contributed by atoms with Gasteiger partial charge in [0.15, 0.2) is 5.78 Å². The summed E-state index contributed by atoms with van der Waals surface area (Å²) in [6.45, 7) is 11.4. The summed E-state index contributed by atoms with van der Waals surface area (Å²) in [6, 6.07) is 0. The molecule has 5 aliphatic rings. The van der Waals surface area contributed by atoms with Gasteiger partial charge in [-0.2, -0.15) is 0 Å². The summed E-state index contributed by atoms with van der Waals surface area (Å²) in [7, 11) is 0. The van der Waals surface area contributed by atoms with Crippen LogP contribution in [0.25, 0.3) is 0 Å². The minimum atomic E-state index is -0.780. The van der Waals surface area contributed by atoms with Crippen LogP contribution in [0.4, 0.5) is 0 Å². The van der Waals surface area contributed by atoms with E-state index in [2.05, 4.69) is 25.3 Å². The third kappa shape index (κ3) is 2.55. The Balaban J connectivity index is 1.81. The molecule has 0 amide bonds.